The number of nitrogens with one attached hydrogen (secondary N) is 1. The first-order valence-electron chi connectivity index (χ1n) is 10.5. The van der Waals surface area contributed by atoms with E-state index in [1.807, 2.05) is 12.1 Å². The zero-order valence-corrected chi connectivity index (χ0v) is 18.2. The quantitative estimate of drug-likeness (QED) is 0.682. The van der Waals surface area contributed by atoms with Gasteiger partial charge in [0, 0.05) is 18.7 Å². The monoisotopic (exact) mass is 412 g/mol. The predicted octanol–water partition coefficient (Wildman–Crippen LogP) is 3.56. The molecule has 6 nitrogen and oxygen atoms in total. The summed E-state index contributed by atoms with van der Waals surface area (Å²) in [6.45, 7) is 3.76. The van der Waals surface area contributed by atoms with E-state index in [-0.39, 0.29) is 12.3 Å². The summed E-state index contributed by atoms with van der Waals surface area (Å²) in [7, 11) is 4.70. The highest BCUT2D eigenvalue weighted by atomic mass is 16.5. The Bertz CT molecular complexity index is 847. The standard InChI is InChI=1S/C24H32N2O4/c1-28-21-12-11-18(23(29-2)24(21)30-3)15-22(27)25-16-19-9-5-6-10-20(19)17-26-13-7-4-8-14-26/h5-6,9-12H,4,7-8,13-17H2,1-3H3,(H,25,27). The maximum absolute atomic E-state index is 12.7. The first-order valence-corrected chi connectivity index (χ1v) is 10.5. The van der Waals surface area contributed by atoms with Crippen molar-refractivity contribution in [2.45, 2.75) is 38.8 Å². The molecule has 3 rings (SSSR count). The molecule has 0 radical (unpaired) electrons. The number of ether oxygens (including phenoxy) is 3. The minimum Gasteiger partial charge on any atom is -0.493 e. The highest BCUT2D eigenvalue weighted by Crippen LogP contribution is 2.39. The number of carbonyl (C=O) groups excluding carboxylic acids is 1. The summed E-state index contributed by atoms with van der Waals surface area (Å²) in [5, 5.41) is 3.06. The van der Waals surface area contributed by atoms with Gasteiger partial charge in [-0.1, -0.05) is 36.8 Å². The third-order valence-corrected chi connectivity index (χ3v) is 5.57. The van der Waals surface area contributed by atoms with Crippen molar-refractivity contribution in [2.75, 3.05) is 34.4 Å². The molecule has 6 heteroatoms. The van der Waals surface area contributed by atoms with Gasteiger partial charge < -0.3 is 19.5 Å². The lowest BCUT2D eigenvalue weighted by Crippen LogP contribution is -2.30. The molecule has 1 N–H and O–H groups in total. The van der Waals surface area contributed by atoms with Crippen LogP contribution in [0.3, 0.4) is 0 Å². The molecule has 162 valence electrons. The third kappa shape index (κ3) is 5.45. The predicted molar refractivity (Wildman–Crippen MR) is 117 cm³/mol. The third-order valence-electron chi connectivity index (χ3n) is 5.57. The number of benzene rings is 2. The average Bonchev–Trinajstić information content (AvgIpc) is 2.78. The van der Waals surface area contributed by atoms with Crippen LogP contribution in [0.4, 0.5) is 0 Å². The molecule has 0 bridgehead atoms. The van der Waals surface area contributed by atoms with Crippen molar-refractivity contribution in [1.29, 1.82) is 0 Å². The van der Waals surface area contributed by atoms with Gasteiger partial charge in [-0.2, -0.15) is 0 Å². The Hall–Kier alpha value is -2.73. The second-order valence-corrected chi connectivity index (χ2v) is 7.55. The number of methoxy groups -OCH3 is 3. The lowest BCUT2D eigenvalue weighted by Gasteiger charge is -2.27. The molecule has 0 aliphatic carbocycles. The van der Waals surface area contributed by atoms with Crippen LogP contribution in [0.5, 0.6) is 17.2 Å². The number of hydrogen-bond donors (Lipinski definition) is 1. The summed E-state index contributed by atoms with van der Waals surface area (Å²) in [5.41, 5.74) is 3.20. The largest absolute Gasteiger partial charge is 0.493 e. The molecule has 0 atom stereocenters. The molecule has 0 spiro atoms. The molecule has 1 amide bonds. The maximum Gasteiger partial charge on any atom is 0.224 e. The van der Waals surface area contributed by atoms with Gasteiger partial charge in [-0.3, -0.25) is 9.69 Å². The molecule has 1 fully saturated rings. The molecule has 2 aromatic carbocycles. The van der Waals surface area contributed by atoms with Crippen LogP contribution in [0, 0.1) is 0 Å². The fourth-order valence-electron chi connectivity index (χ4n) is 3.97. The van der Waals surface area contributed by atoms with E-state index in [1.165, 1.54) is 24.8 Å². The number of amides is 1. The van der Waals surface area contributed by atoms with E-state index in [0.717, 1.165) is 30.8 Å². The smallest absolute Gasteiger partial charge is 0.224 e. The summed E-state index contributed by atoms with van der Waals surface area (Å²) in [6, 6.07) is 12.0. The average molecular weight is 413 g/mol. The highest BCUT2D eigenvalue weighted by Gasteiger charge is 2.18. The molecule has 0 unspecified atom stereocenters. The van der Waals surface area contributed by atoms with Gasteiger partial charge in [0.15, 0.2) is 11.5 Å². The Morgan fingerprint density at radius 2 is 1.57 bits per heavy atom. The van der Waals surface area contributed by atoms with Gasteiger partial charge in [-0.25, -0.2) is 0 Å². The van der Waals surface area contributed by atoms with Gasteiger partial charge in [0.1, 0.15) is 0 Å². The molecule has 0 aromatic heterocycles. The van der Waals surface area contributed by atoms with Crippen molar-refractivity contribution >= 4 is 5.91 Å². The van der Waals surface area contributed by atoms with Crippen LogP contribution in [-0.4, -0.2) is 45.2 Å². The highest BCUT2D eigenvalue weighted by molar-refractivity contribution is 5.80. The fraction of sp³-hybridized carbons (Fsp3) is 0.458. The van der Waals surface area contributed by atoms with Crippen molar-refractivity contribution in [1.82, 2.24) is 10.2 Å². The van der Waals surface area contributed by atoms with Gasteiger partial charge in [0.2, 0.25) is 11.7 Å². The molecule has 1 aliphatic rings. The van der Waals surface area contributed by atoms with Gasteiger partial charge in [-0.05, 0) is 43.1 Å². The number of likely N-dealkylation sites (tertiary alicyclic amines) is 1. The van der Waals surface area contributed by atoms with Crippen LogP contribution in [-0.2, 0) is 24.3 Å². The van der Waals surface area contributed by atoms with Crippen LogP contribution in [0.2, 0.25) is 0 Å². The van der Waals surface area contributed by atoms with E-state index in [9.17, 15) is 4.79 Å². The second-order valence-electron chi connectivity index (χ2n) is 7.55. The van der Waals surface area contributed by atoms with E-state index in [2.05, 4.69) is 28.4 Å². The van der Waals surface area contributed by atoms with Gasteiger partial charge in [0.25, 0.3) is 0 Å². The van der Waals surface area contributed by atoms with Crippen molar-refractivity contribution in [2.24, 2.45) is 0 Å². The van der Waals surface area contributed by atoms with Crippen LogP contribution in [0.25, 0.3) is 0 Å². The van der Waals surface area contributed by atoms with E-state index >= 15 is 0 Å². The van der Waals surface area contributed by atoms with Gasteiger partial charge in [0.05, 0.1) is 27.8 Å². The molecule has 0 saturated carbocycles. The first kappa shape index (κ1) is 22.0. The summed E-state index contributed by atoms with van der Waals surface area (Å²) in [4.78, 5) is 15.2. The topological polar surface area (TPSA) is 60.0 Å². The van der Waals surface area contributed by atoms with E-state index in [1.54, 1.807) is 27.4 Å². The van der Waals surface area contributed by atoms with Gasteiger partial charge >= 0.3 is 0 Å². The Labute approximate surface area is 179 Å². The molecular formula is C24H32N2O4. The number of rotatable bonds is 9. The SMILES string of the molecule is COc1ccc(CC(=O)NCc2ccccc2CN2CCCCC2)c(OC)c1OC. The zero-order chi connectivity index (χ0) is 21.3. The van der Waals surface area contributed by atoms with Crippen LogP contribution in [0.15, 0.2) is 36.4 Å². The fourth-order valence-corrected chi connectivity index (χ4v) is 3.97. The maximum atomic E-state index is 12.7. The summed E-state index contributed by atoms with van der Waals surface area (Å²) >= 11 is 0. The Balaban J connectivity index is 1.64. The van der Waals surface area contributed by atoms with E-state index in [4.69, 9.17) is 14.2 Å². The normalized spacial score (nSPS) is 14.2. The van der Waals surface area contributed by atoms with Crippen molar-refractivity contribution in [3.63, 3.8) is 0 Å². The van der Waals surface area contributed by atoms with Crippen molar-refractivity contribution in [3.05, 3.63) is 53.1 Å². The van der Waals surface area contributed by atoms with E-state index in [0.29, 0.717) is 23.8 Å². The lowest BCUT2D eigenvalue weighted by molar-refractivity contribution is -0.120. The number of piperidine rings is 1. The molecule has 1 saturated heterocycles. The molecule has 2 aromatic rings. The number of carbonyl (C=O) groups is 1. The second kappa shape index (κ2) is 10.9. The van der Waals surface area contributed by atoms with Crippen LogP contribution in [0.1, 0.15) is 36.0 Å². The van der Waals surface area contributed by atoms with Crippen molar-refractivity contribution in [3.8, 4) is 17.2 Å². The first-order chi connectivity index (χ1) is 14.7. The zero-order valence-electron chi connectivity index (χ0n) is 18.2. The minimum absolute atomic E-state index is 0.0618. The molecular weight excluding hydrogens is 380 g/mol. The minimum atomic E-state index is -0.0618. The Morgan fingerprint density at radius 1 is 0.867 bits per heavy atom. The molecule has 30 heavy (non-hydrogen) atoms. The summed E-state index contributed by atoms with van der Waals surface area (Å²) in [6.07, 6.45) is 4.07. The summed E-state index contributed by atoms with van der Waals surface area (Å²) < 4.78 is 16.2. The van der Waals surface area contributed by atoms with Crippen molar-refractivity contribution < 1.29 is 19.0 Å². The van der Waals surface area contributed by atoms with Crippen LogP contribution < -0.4 is 19.5 Å². The number of nitrogens with zero attached hydrogens (tertiary/aromatic N) is 1. The number of hydrogen-bond acceptors (Lipinski definition) is 5. The molecule has 1 aliphatic heterocycles. The Morgan fingerprint density at radius 3 is 2.23 bits per heavy atom. The van der Waals surface area contributed by atoms with Gasteiger partial charge in [-0.15, -0.1) is 0 Å². The lowest BCUT2D eigenvalue weighted by atomic mass is 10.0. The Kier molecular flexibility index (Phi) is 7.97. The molecule has 1 heterocycles. The van der Waals surface area contributed by atoms with E-state index < -0.39 is 0 Å². The summed E-state index contributed by atoms with van der Waals surface area (Å²) in [5.74, 6) is 1.54. The van der Waals surface area contributed by atoms with Crippen LogP contribution >= 0.6 is 0 Å².